The largest absolute Gasteiger partial charge is 0.384 e. The molecule has 0 amide bonds. The lowest BCUT2D eigenvalue weighted by molar-refractivity contribution is 0.0832. The summed E-state index contributed by atoms with van der Waals surface area (Å²) in [6.07, 6.45) is 1.94. The first-order valence-electron chi connectivity index (χ1n) is 18.1. The number of fused-ring (bicyclic) bond motifs is 4. The van der Waals surface area contributed by atoms with Crippen LogP contribution in [0.1, 0.15) is 33.6 Å². The lowest BCUT2D eigenvalue weighted by Gasteiger charge is -2.40. The molecule has 0 spiro atoms. The van der Waals surface area contributed by atoms with Crippen molar-refractivity contribution in [2.45, 2.75) is 39.7 Å². The van der Waals surface area contributed by atoms with E-state index in [0.717, 1.165) is 103 Å². The monoisotopic (exact) mass is 682 g/mol. The van der Waals surface area contributed by atoms with Crippen LogP contribution in [0.25, 0.3) is 54.6 Å². The fourth-order valence-corrected chi connectivity index (χ4v) is 7.72. The van der Waals surface area contributed by atoms with Gasteiger partial charge in [-0.05, 0) is 74.8 Å². The number of rotatable bonds is 10. The van der Waals surface area contributed by atoms with Gasteiger partial charge in [-0.3, -0.25) is 14.5 Å². The Balaban J connectivity index is 0.00000184. The van der Waals surface area contributed by atoms with Gasteiger partial charge in [-0.1, -0.05) is 48.5 Å². The minimum absolute atomic E-state index is 0.0122. The molecule has 0 saturated carbocycles. The molecule has 1 atom stereocenters. The van der Waals surface area contributed by atoms with Crippen molar-refractivity contribution >= 4 is 66.0 Å². The molecule has 0 radical (unpaired) electrons. The van der Waals surface area contributed by atoms with E-state index in [9.17, 15) is 9.59 Å². The van der Waals surface area contributed by atoms with E-state index in [2.05, 4.69) is 48.0 Å². The van der Waals surface area contributed by atoms with Crippen LogP contribution in [-0.2, 0) is 0 Å². The van der Waals surface area contributed by atoms with E-state index in [0.29, 0.717) is 27.6 Å². The topological polar surface area (TPSA) is 125 Å². The second-order valence-corrected chi connectivity index (χ2v) is 13.2. The Morgan fingerprint density at radius 2 is 1.18 bits per heavy atom. The van der Waals surface area contributed by atoms with Crippen molar-refractivity contribution in [3.8, 4) is 0 Å². The summed E-state index contributed by atoms with van der Waals surface area (Å²) in [5.41, 5.74) is 6.25. The third kappa shape index (κ3) is 5.64. The van der Waals surface area contributed by atoms with E-state index in [1.54, 1.807) is 9.03 Å². The molecule has 1 aliphatic rings. The molecular formula is C39H42N10O2. The van der Waals surface area contributed by atoms with Gasteiger partial charge in [0.25, 0.3) is 0 Å². The summed E-state index contributed by atoms with van der Waals surface area (Å²) in [6.45, 7) is 12.9. The Hall–Kier alpha value is -5.46. The highest BCUT2D eigenvalue weighted by Crippen LogP contribution is 2.29. The van der Waals surface area contributed by atoms with Gasteiger partial charge in [-0.25, -0.2) is 9.03 Å². The molecule has 9 rings (SSSR count). The second kappa shape index (κ2) is 13.7. The van der Waals surface area contributed by atoms with Crippen LogP contribution in [0.5, 0.6) is 0 Å². The fourth-order valence-electron chi connectivity index (χ4n) is 7.72. The number of aromatic nitrogens is 6. The predicted octanol–water partition coefficient (Wildman–Crippen LogP) is 5.32. The van der Waals surface area contributed by atoms with E-state index < -0.39 is 0 Å². The molecule has 1 unspecified atom stereocenters. The summed E-state index contributed by atoms with van der Waals surface area (Å²) in [5.74, 6) is 0. The Kier molecular flexibility index (Phi) is 8.78. The quantitative estimate of drug-likeness (QED) is 0.145. The highest BCUT2D eigenvalue weighted by Gasteiger charge is 2.23. The maximum Gasteiger partial charge on any atom is 0.199 e. The first-order chi connectivity index (χ1) is 25.1. The Morgan fingerprint density at radius 3 is 1.71 bits per heavy atom. The first kappa shape index (κ1) is 32.7. The number of pyridine rings is 2. The summed E-state index contributed by atoms with van der Waals surface area (Å²) in [7, 11) is 0. The van der Waals surface area contributed by atoms with Crippen molar-refractivity contribution < 1.29 is 0 Å². The minimum Gasteiger partial charge on any atom is -0.384 e. The zero-order chi connectivity index (χ0) is 35.1. The third-order valence-electron chi connectivity index (χ3n) is 10.2. The van der Waals surface area contributed by atoms with E-state index in [1.165, 1.54) is 0 Å². The standard InChI is InChI=1S/C37H36N10O2.C2H6/c1-23-22-44(18-6-16-38-26-12-14-28-34-32(26)36(48)24-8-2-4-10-30(24)46(34)42-40-28)20-21-45(23)19-7-17-39-27-13-15-29-35-33(27)37(49)25-9-3-5-11-31(25)47(35)43-41-29;1-2/h2-5,8-15,23,38-39H,6-7,16-22H2,1H3;1-2H3. The van der Waals surface area contributed by atoms with Crippen molar-refractivity contribution in [2.24, 2.45) is 0 Å². The van der Waals surface area contributed by atoms with E-state index in [1.807, 2.05) is 86.6 Å². The van der Waals surface area contributed by atoms with Crippen molar-refractivity contribution in [1.29, 1.82) is 0 Å². The smallest absolute Gasteiger partial charge is 0.199 e. The summed E-state index contributed by atoms with van der Waals surface area (Å²) < 4.78 is 3.57. The molecular weight excluding hydrogens is 640 g/mol. The number of benzene rings is 4. The highest BCUT2D eigenvalue weighted by molar-refractivity contribution is 6.07. The zero-order valence-electron chi connectivity index (χ0n) is 29.3. The summed E-state index contributed by atoms with van der Waals surface area (Å²) in [4.78, 5) is 32.1. The number of anilines is 2. The normalized spacial score (nSPS) is 15.8. The molecule has 0 bridgehead atoms. The molecule has 2 N–H and O–H groups in total. The summed E-state index contributed by atoms with van der Waals surface area (Å²) >= 11 is 0. The predicted molar refractivity (Wildman–Crippen MR) is 206 cm³/mol. The Labute approximate surface area is 294 Å². The maximum absolute atomic E-state index is 13.5. The van der Waals surface area contributed by atoms with Crippen LogP contribution in [0.15, 0.2) is 82.4 Å². The average Bonchev–Trinajstić information content (AvgIpc) is 3.81. The lowest BCUT2D eigenvalue weighted by atomic mass is 10.1. The van der Waals surface area contributed by atoms with Gasteiger partial charge < -0.3 is 15.5 Å². The van der Waals surface area contributed by atoms with Crippen LogP contribution in [0.3, 0.4) is 0 Å². The summed E-state index contributed by atoms with van der Waals surface area (Å²) in [5, 5.41) is 27.0. The molecule has 12 heteroatoms. The molecule has 4 aromatic carbocycles. The van der Waals surface area contributed by atoms with Gasteiger partial charge >= 0.3 is 0 Å². The van der Waals surface area contributed by atoms with Gasteiger partial charge in [0.05, 0.1) is 21.8 Å². The first-order valence-corrected chi connectivity index (χ1v) is 18.1. The van der Waals surface area contributed by atoms with Crippen LogP contribution < -0.4 is 21.5 Å². The van der Waals surface area contributed by atoms with Crippen LogP contribution in [0.2, 0.25) is 0 Å². The Morgan fingerprint density at radius 1 is 0.667 bits per heavy atom. The van der Waals surface area contributed by atoms with Crippen molar-refractivity contribution in [3.05, 3.63) is 93.2 Å². The van der Waals surface area contributed by atoms with E-state index in [-0.39, 0.29) is 10.9 Å². The van der Waals surface area contributed by atoms with Gasteiger partial charge in [0.15, 0.2) is 10.9 Å². The summed E-state index contributed by atoms with van der Waals surface area (Å²) in [6, 6.07) is 23.4. The molecule has 0 aliphatic carbocycles. The van der Waals surface area contributed by atoms with Gasteiger partial charge in [0, 0.05) is 67.5 Å². The van der Waals surface area contributed by atoms with Gasteiger partial charge in [0.2, 0.25) is 0 Å². The van der Waals surface area contributed by atoms with Crippen molar-refractivity contribution in [1.82, 2.24) is 39.5 Å². The van der Waals surface area contributed by atoms with Gasteiger partial charge in [-0.15, -0.1) is 10.2 Å². The van der Waals surface area contributed by atoms with E-state index >= 15 is 0 Å². The zero-order valence-corrected chi connectivity index (χ0v) is 29.3. The van der Waals surface area contributed by atoms with Gasteiger partial charge in [-0.2, -0.15) is 0 Å². The molecule has 8 aromatic rings. The number of piperazine rings is 1. The number of para-hydroxylation sites is 2. The van der Waals surface area contributed by atoms with E-state index in [4.69, 9.17) is 0 Å². The van der Waals surface area contributed by atoms with Crippen LogP contribution in [0, 0.1) is 0 Å². The number of nitrogens with one attached hydrogen (secondary N) is 2. The number of hydrogen-bond donors (Lipinski definition) is 2. The van der Waals surface area contributed by atoms with Crippen LogP contribution >= 0.6 is 0 Å². The molecule has 260 valence electrons. The van der Waals surface area contributed by atoms with Crippen LogP contribution in [-0.4, -0.2) is 91.3 Å². The second-order valence-electron chi connectivity index (χ2n) is 13.2. The molecule has 4 aromatic heterocycles. The fraction of sp³-hybridized carbons (Fsp3) is 0.333. The average molecular weight is 683 g/mol. The molecule has 1 aliphatic heterocycles. The minimum atomic E-state index is 0.0122. The third-order valence-corrected chi connectivity index (χ3v) is 10.2. The number of nitrogens with zero attached hydrogens (tertiary/aromatic N) is 8. The maximum atomic E-state index is 13.5. The SMILES string of the molecule is CC.CC1CN(CCCNc2ccc3nnn4c5ccccc5c(=O)c2c34)CCN1CCCNc1ccc2nnn3c4ccccc4c(=O)c1c23. The molecule has 1 saturated heterocycles. The number of hydrogen-bond acceptors (Lipinski definition) is 10. The molecule has 12 nitrogen and oxygen atoms in total. The highest BCUT2D eigenvalue weighted by atomic mass is 16.1. The Bertz CT molecular complexity index is 2600. The van der Waals surface area contributed by atoms with Crippen LogP contribution in [0.4, 0.5) is 11.4 Å². The molecule has 51 heavy (non-hydrogen) atoms. The van der Waals surface area contributed by atoms with Gasteiger partial charge in [0.1, 0.15) is 22.1 Å². The van der Waals surface area contributed by atoms with Crippen molar-refractivity contribution in [2.75, 3.05) is 56.4 Å². The molecule has 5 heterocycles. The molecule has 1 fully saturated rings. The lowest BCUT2D eigenvalue weighted by Crippen LogP contribution is -2.52. The van der Waals surface area contributed by atoms with Crippen molar-refractivity contribution in [3.63, 3.8) is 0 Å².